The number of nitrogens with zero attached hydrogens (tertiary/aromatic N) is 11. The summed E-state index contributed by atoms with van der Waals surface area (Å²) in [5, 5.41) is 3.48. The van der Waals surface area contributed by atoms with Crippen LogP contribution < -0.4 is 5.32 Å². The van der Waals surface area contributed by atoms with E-state index in [4.69, 9.17) is 0 Å². The van der Waals surface area contributed by atoms with Crippen molar-refractivity contribution in [2.75, 3.05) is 93.6 Å². The van der Waals surface area contributed by atoms with Crippen molar-refractivity contribution in [3.63, 3.8) is 0 Å². The van der Waals surface area contributed by atoms with E-state index in [1.807, 2.05) is 0 Å². The zero-order valence-electron chi connectivity index (χ0n) is 104. The third-order valence-electron chi connectivity index (χ3n) is 40.5. The predicted octanol–water partition coefficient (Wildman–Crippen LogP) is 33.7. The predicted molar refractivity (Wildman–Crippen MR) is 628 cm³/mol. The van der Waals surface area contributed by atoms with Gasteiger partial charge in [0.15, 0.2) is 0 Å². The lowest BCUT2D eigenvalue weighted by Crippen LogP contribution is -2.69. The summed E-state index contributed by atoms with van der Waals surface area (Å²) in [5.74, 6) is 0.833. The average Bonchev–Trinajstić information content (AvgIpc) is 1.50. The first-order valence-electron chi connectivity index (χ1n) is 62.6. The fraction of sp³-hybridized carbons (Fsp3) is 1.00. The van der Waals surface area contributed by atoms with Crippen LogP contribution in [0.2, 0.25) is 0 Å². The molecule has 20 fully saturated rings. The maximum absolute atomic E-state index is 3.48. The van der Waals surface area contributed by atoms with Crippen LogP contribution in [0.5, 0.6) is 0 Å². The minimum Gasteiger partial charge on any atom is -0.316 e. The monoisotopic (exact) mass is 1990 g/mol. The zero-order chi connectivity index (χ0) is 106. The van der Waals surface area contributed by atoms with Gasteiger partial charge in [-0.25, -0.2) is 0 Å². The highest BCUT2D eigenvalue weighted by Gasteiger charge is 2.59. The number of likely N-dealkylation sites (tertiary alicyclic amines) is 7. The number of hydrogen-bond donors (Lipinski definition) is 1. The number of rotatable bonds is 4. The molecule has 12 aliphatic carbocycles. The van der Waals surface area contributed by atoms with Crippen LogP contribution in [-0.2, 0) is 0 Å². The second kappa shape index (κ2) is 52.4. The molecule has 8 heterocycles. The Kier molecular flexibility index (Phi) is 46.7. The minimum atomic E-state index is 0.349. The Morgan fingerprint density at radius 3 is 0.627 bits per heavy atom. The van der Waals surface area contributed by atoms with Crippen LogP contribution in [0, 0.1) is 16.7 Å². The van der Waals surface area contributed by atoms with E-state index in [0.29, 0.717) is 94.2 Å². The van der Waals surface area contributed by atoms with Crippen LogP contribution in [0.1, 0.15) is 609 Å². The van der Waals surface area contributed by atoms with Crippen molar-refractivity contribution in [1.82, 2.24) is 59.2 Å². The SMILES string of the molecule is C1CCC2(CC1)CCNC2.CC(C)(C)N1CCC12CC2.CC(C)(C)N1CCC12CCC2.CC(C)(C)N1CCC12CCCC2.CC(C)(C)N1CCC12CCCCC2.CC(C)(C)N1CCC2(CCCC2)C1.CC(C)(C)N1CCCC12CCCC2.CC(C)(C)N1CCCC12CCCCC2.CC(C)C.CN(C1CC1)C(C)(C)C.CN(C1CCC1)C(C)(C)C.CN(C1CCCC1)C(C)(C)C.CN(C1CCCCC1)C(C)(C)C. The highest BCUT2D eigenvalue weighted by Crippen LogP contribution is 2.56. The smallest absolute Gasteiger partial charge is 0.0228 e. The Hall–Kier alpha value is -0.480. The van der Waals surface area contributed by atoms with Crippen LogP contribution in [0.3, 0.4) is 0 Å². The molecule has 142 heavy (non-hydrogen) atoms. The lowest BCUT2D eigenvalue weighted by atomic mass is 9.66. The molecular weight excluding hydrogens is 1730 g/mol. The Bertz CT molecular complexity index is 3440. The summed E-state index contributed by atoms with van der Waals surface area (Å²) in [4.78, 5) is 29.1. The Morgan fingerprint density at radius 2 is 0.423 bits per heavy atom. The van der Waals surface area contributed by atoms with Crippen molar-refractivity contribution in [2.24, 2.45) is 16.7 Å². The molecule has 12 nitrogen and oxygen atoms in total. The van der Waals surface area contributed by atoms with Gasteiger partial charge in [-0.2, -0.15) is 0 Å². The van der Waals surface area contributed by atoms with E-state index in [-0.39, 0.29) is 0 Å². The van der Waals surface area contributed by atoms with E-state index in [9.17, 15) is 0 Å². The first-order chi connectivity index (χ1) is 65.5. The van der Waals surface area contributed by atoms with Crippen LogP contribution in [0.15, 0.2) is 0 Å². The van der Waals surface area contributed by atoms with Gasteiger partial charge in [-0.05, 0) is 524 Å². The Labute approximate surface area is 891 Å². The lowest BCUT2D eigenvalue weighted by molar-refractivity contribution is -0.125. The van der Waals surface area contributed by atoms with Crippen molar-refractivity contribution in [3.05, 3.63) is 0 Å². The first-order valence-corrected chi connectivity index (χ1v) is 62.6. The maximum Gasteiger partial charge on any atom is 0.0228 e. The molecule has 0 bridgehead atoms. The van der Waals surface area contributed by atoms with E-state index >= 15 is 0 Å². The van der Waals surface area contributed by atoms with Crippen LogP contribution in [0.4, 0.5) is 0 Å². The van der Waals surface area contributed by atoms with Crippen molar-refractivity contribution >= 4 is 0 Å². The molecule has 0 aromatic rings. The van der Waals surface area contributed by atoms with Crippen LogP contribution in [0.25, 0.3) is 0 Å². The number of nitrogens with one attached hydrogen (secondary N) is 1. The molecule has 8 saturated heterocycles. The van der Waals surface area contributed by atoms with Crippen molar-refractivity contribution in [1.29, 1.82) is 0 Å². The van der Waals surface area contributed by atoms with Crippen molar-refractivity contribution < 1.29 is 0 Å². The maximum atomic E-state index is 3.48. The van der Waals surface area contributed by atoms with Gasteiger partial charge in [0, 0.05) is 158 Å². The fourth-order valence-electron chi connectivity index (χ4n) is 30.4. The quantitative estimate of drug-likeness (QED) is 0.292. The van der Waals surface area contributed by atoms with Gasteiger partial charge >= 0.3 is 0 Å². The largest absolute Gasteiger partial charge is 0.316 e. The summed E-state index contributed by atoms with van der Waals surface area (Å²) in [6, 6.07) is 3.47. The van der Waals surface area contributed by atoms with Crippen molar-refractivity contribution in [2.45, 2.75) is 727 Å². The van der Waals surface area contributed by atoms with Gasteiger partial charge in [0.1, 0.15) is 0 Å². The van der Waals surface area contributed by atoms with Crippen LogP contribution >= 0.6 is 0 Å². The molecular formula is C130H258N12. The summed E-state index contributed by atoms with van der Waals surface area (Å²) in [5.41, 5.74) is 9.67. The summed E-state index contributed by atoms with van der Waals surface area (Å²) < 4.78 is 0. The highest BCUT2D eigenvalue weighted by atomic mass is 15.4. The summed E-state index contributed by atoms with van der Waals surface area (Å²) in [6.45, 7) is 96.8. The van der Waals surface area contributed by atoms with Gasteiger partial charge in [-0.15, -0.1) is 0 Å². The normalized spacial score (nSPS) is 26.4. The van der Waals surface area contributed by atoms with E-state index in [1.165, 1.54) is 425 Å². The molecule has 8 spiro atoms. The molecule has 20 rings (SSSR count). The second-order valence-corrected chi connectivity index (χ2v) is 63.3. The topological polar surface area (TPSA) is 47.7 Å². The Balaban J connectivity index is 0.000000189. The van der Waals surface area contributed by atoms with Gasteiger partial charge in [0.2, 0.25) is 0 Å². The molecule has 0 atom stereocenters. The molecule has 0 amide bonds. The lowest BCUT2D eigenvalue weighted by Gasteiger charge is -2.63. The molecule has 1 N–H and O–H groups in total. The molecule has 12 saturated carbocycles. The fourth-order valence-corrected chi connectivity index (χ4v) is 30.4. The second-order valence-electron chi connectivity index (χ2n) is 63.3. The average molecular weight is 1990 g/mol. The van der Waals surface area contributed by atoms with E-state index in [2.05, 4.69) is 337 Å². The van der Waals surface area contributed by atoms with E-state index < -0.39 is 0 Å². The molecule has 0 unspecified atom stereocenters. The van der Waals surface area contributed by atoms with Gasteiger partial charge in [0.05, 0.1) is 0 Å². The molecule has 20 aliphatic rings. The standard InChI is InChI=1S/C13H25N.3C12H23N.C11H21N.C11H23N.C10H19N.C10H21N.2C9H17N.C9H19N.C8H17N.C4H10/c1-12(2,3)14-11-7-10-13(14)8-5-4-6-9-13;1-11(2,3)13-10-6-9-12(13)7-4-5-8-12;1-11(2,3)13-9-8-12(10-13)6-4-5-7-12;1-11(2,3)13-10-9-12(13)7-5-4-6-8-12;1-10(2,3)12-9-8-11(12)6-4-5-7-11;1-11(2,3)12(4)10-8-6-5-7-9-10;1-9(2,3)11-8-7-10(11)5-4-6-10;1-10(2,3)11(4)9-7-5-6-8-9;1-8(2,3)10-7-6-9(10)4-5-9;1-2-4-9(5-3-1)6-7-10-8-9;1-9(2,3)10(4)8-6-5-7-8;1-8(2,3)9(4)7-5-6-7;1-4(2)3/h4-11H2,1-3H3;3*4-10H2,1-3H3;4-9H2,1-3H3;10H,5-9H2,1-4H3;4-8H2,1-3H3;9H,5-8H2,1-4H3;4-7H2,1-3H3;10H,1-8H2;8H,5-7H2,1-4H3;7H,5-6H2,1-4H3;4H,1-3H3. The third-order valence-corrected chi connectivity index (χ3v) is 40.5. The molecule has 12 heteroatoms. The third kappa shape index (κ3) is 36.9. The minimum absolute atomic E-state index is 0.349. The number of hydrogen-bond acceptors (Lipinski definition) is 12. The van der Waals surface area contributed by atoms with Gasteiger partial charge < -0.3 is 5.32 Å². The molecule has 8 aliphatic heterocycles. The van der Waals surface area contributed by atoms with E-state index in [0.717, 1.165) is 40.9 Å². The molecule has 0 radical (unpaired) electrons. The zero-order valence-corrected chi connectivity index (χ0v) is 104. The summed E-state index contributed by atoms with van der Waals surface area (Å²) in [6.07, 6.45) is 81.6. The van der Waals surface area contributed by atoms with Gasteiger partial charge in [-0.3, -0.25) is 53.9 Å². The molecule has 838 valence electrons. The highest BCUT2D eigenvalue weighted by molar-refractivity contribution is 5.15. The van der Waals surface area contributed by atoms with Gasteiger partial charge in [0.25, 0.3) is 0 Å². The summed E-state index contributed by atoms with van der Waals surface area (Å²) >= 11 is 0. The summed E-state index contributed by atoms with van der Waals surface area (Å²) in [7, 11) is 8.99. The van der Waals surface area contributed by atoms with Gasteiger partial charge in [-0.1, -0.05) is 156 Å². The molecule has 0 aromatic carbocycles. The van der Waals surface area contributed by atoms with Crippen LogP contribution in [-0.4, -0.2) is 266 Å². The first kappa shape index (κ1) is 127. The van der Waals surface area contributed by atoms with E-state index in [1.54, 1.807) is 0 Å². The van der Waals surface area contributed by atoms with Crippen molar-refractivity contribution in [3.8, 4) is 0 Å². The Morgan fingerprint density at radius 1 is 0.204 bits per heavy atom. The molecule has 0 aromatic heterocycles.